The van der Waals surface area contributed by atoms with E-state index in [9.17, 15) is 4.79 Å². The van der Waals surface area contributed by atoms with Crippen LogP contribution in [0.5, 0.6) is 0 Å². The standard InChI is InChI=1S/C15H15NO3S/c17-14(10-13-2-1-9-20-13)16-12-5-3-11(4-6-12)15-18-7-8-19-15/h1-6,9,15H,7-8,10H2,(H,16,17). The molecule has 1 amide bonds. The molecule has 1 aromatic carbocycles. The van der Waals surface area contributed by atoms with Crippen molar-refractivity contribution in [3.05, 3.63) is 52.2 Å². The van der Waals surface area contributed by atoms with E-state index in [4.69, 9.17) is 9.47 Å². The number of carbonyl (C=O) groups is 1. The molecule has 0 radical (unpaired) electrons. The van der Waals surface area contributed by atoms with Gasteiger partial charge in [-0.3, -0.25) is 4.79 Å². The second-order valence-corrected chi connectivity index (χ2v) is 5.53. The number of ether oxygens (including phenoxy) is 2. The number of hydrogen-bond donors (Lipinski definition) is 1. The van der Waals surface area contributed by atoms with Gasteiger partial charge in [-0.2, -0.15) is 0 Å². The highest BCUT2D eigenvalue weighted by atomic mass is 32.1. The van der Waals surface area contributed by atoms with Gasteiger partial charge in [-0.15, -0.1) is 11.3 Å². The van der Waals surface area contributed by atoms with Gasteiger partial charge in [0.1, 0.15) is 0 Å². The van der Waals surface area contributed by atoms with Crippen molar-refractivity contribution in [3.8, 4) is 0 Å². The zero-order valence-electron chi connectivity index (χ0n) is 10.9. The highest BCUT2D eigenvalue weighted by molar-refractivity contribution is 7.10. The molecule has 1 aliphatic heterocycles. The van der Waals surface area contributed by atoms with Crippen molar-refractivity contribution in [2.24, 2.45) is 0 Å². The largest absolute Gasteiger partial charge is 0.346 e. The molecule has 0 unspecified atom stereocenters. The van der Waals surface area contributed by atoms with Crippen molar-refractivity contribution in [3.63, 3.8) is 0 Å². The number of anilines is 1. The zero-order chi connectivity index (χ0) is 13.8. The van der Waals surface area contributed by atoms with Crippen molar-refractivity contribution in [2.45, 2.75) is 12.7 Å². The van der Waals surface area contributed by atoms with E-state index in [-0.39, 0.29) is 12.2 Å². The summed E-state index contributed by atoms with van der Waals surface area (Å²) >= 11 is 1.59. The molecule has 0 atom stereocenters. The van der Waals surface area contributed by atoms with E-state index in [0.29, 0.717) is 19.6 Å². The van der Waals surface area contributed by atoms with Gasteiger partial charge in [-0.1, -0.05) is 18.2 Å². The number of amides is 1. The number of thiophene rings is 1. The molecule has 1 aliphatic rings. The Labute approximate surface area is 121 Å². The van der Waals surface area contributed by atoms with Gasteiger partial charge in [0.2, 0.25) is 5.91 Å². The van der Waals surface area contributed by atoms with Crippen molar-refractivity contribution in [1.82, 2.24) is 0 Å². The summed E-state index contributed by atoms with van der Waals surface area (Å²) < 4.78 is 10.8. The van der Waals surface area contributed by atoms with Crippen LogP contribution in [0.1, 0.15) is 16.7 Å². The van der Waals surface area contributed by atoms with Gasteiger partial charge in [0.05, 0.1) is 19.6 Å². The monoisotopic (exact) mass is 289 g/mol. The van der Waals surface area contributed by atoms with E-state index in [2.05, 4.69) is 5.32 Å². The molecule has 2 heterocycles. The van der Waals surface area contributed by atoms with Crippen LogP contribution in [0.2, 0.25) is 0 Å². The summed E-state index contributed by atoms with van der Waals surface area (Å²) in [5, 5.41) is 4.86. The van der Waals surface area contributed by atoms with Crippen LogP contribution < -0.4 is 5.32 Å². The first-order valence-electron chi connectivity index (χ1n) is 6.47. The normalized spacial score (nSPS) is 15.4. The second kappa shape index (κ2) is 6.17. The summed E-state index contributed by atoms with van der Waals surface area (Å²) in [6.07, 6.45) is 0.139. The van der Waals surface area contributed by atoms with Crippen LogP contribution in [-0.2, 0) is 20.7 Å². The Bertz CT molecular complexity index is 559. The van der Waals surface area contributed by atoms with E-state index in [1.54, 1.807) is 11.3 Å². The summed E-state index contributed by atoms with van der Waals surface area (Å²) in [6, 6.07) is 11.5. The van der Waals surface area contributed by atoms with Crippen LogP contribution in [0.25, 0.3) is 0 Å². The number of nitrogens with one attached hydrogen (secondary N) is 1. The predicted octanol–water partition coefficient (Wildman–Crippen LogP) is 2.97. The van der Waals surface area contributed by atoms with E-state index in [1.807, 2.05) is 41.8 Å². The third-order valence-corrected chi connectivity index (χ3v) is 3.88. The molecule has 104 valence electrons. The Morgan fingerprint density at radius 3 is 2.60 bits per heavy atom. The summed E-state index contributed by atoms with van der Waals surface area (Å²) in [5.74, 6) is -0.00596. The molecule has 5 heteroatoms. The molecule has 4 nitrogen and oxygen atoms in total. The Hall–Kier alpha value is -1.69. The van der Waals surface area contributed by atoms with Crippen LogP contribution in [0.15, 0.2) is 41.8 Å². The molecule has 1 N–H and O–H groups in total. The summed E-state index contributed by atoms with van der Waals surface area (Å²) in [6.45, 7) is 1.26. The third kappa shape index (κ3) is 3.25. The lowest BCUT2D eigenvalue weighted by atomic mass is 10.2. The molecule has 2 aromatic rings. The first kappa shape index (κ1) is 13.3. The van der Waals surface area contributed by atoms with Gasteiger partial charge < -0.3 is 14.8 Å². The van der Waals surface area contributed by atoms with Crippen molar-refractivity contribution >= 4 is 22.9 Å². The number of carbonyl (C=O) groups excluding carboxylic acids is 1. The fourth-order valence-electron chi connectivity index (χ4n) is 2.05. The van der Waals surface area contributed by atoms with Crippen LogP contribution in [0.4, 0.5) is 5.69 Å². The maximum absolute atomic E-state index is 11.9. The minimum atomic E-state index is -0.272. The lowest BCUT2D eigenvalue weighted by Gasteiger charge is -2.10. The summed E-state index contributed by atoms with van der Waals surface area (Å²) in [7, 11) is 0. The van der Waals surface area contributed by atoms with E-state index in [1.165, 1.54) is 0 Å². The Morgan fingerprint density at radius 1 is 1.20 bits per heavy atom. The van der Waals surface area contributed by atoms with Gasteiger partial charge in [0.25, 0.3) is 0 Å². The highest BCUT2D eigenvalue weighted by Crippen LogP contribution is 2.24. The number of rotatable bonds is 4. The first-order valence-corrected chi connectivity index (χ1v) is 7.34. The van der Waals surface area contributed by atoms with Crippen molar-refractivity contribution in [1.29, 1.82) is 0 Å². The molecule has 1 fully saturated rings. The Kier molecular flexibility index (Phi) is 4.11. The molecule has 0 bridgehead atoms. The fraction of sp³-hybridized carbons (Fsp3) is 0.267. The Balaban J connectivity index is 1.58. The lowest BCUT2D eigenvalue weighted by Crippen LogP contribution is -2.13. The number of benzene rings is 1. The van der Waals surface area contributed by atoms with Gasteiger partial charge >= 0.3 is 0 Å². The zero-order valence-corrected chi connectivity index (χ0v) is 11.7. The van der Waals surface area contributed by atoms with Crippen LogP contribution in [0.3, 0.4) is 0 Å². The third-order valence-electron chi connectivity index (χ3n) is 3.00. The maximum atomic E-state index is 11.9. The summed E-state index contributed by atoms with van der Waals surface area (Å²) in [5.41, 5.74) is 1.76. The molecular weight excluding hydrogens is 274 g/mol. The molecule has 1 aromatic heterocycles. The van der Waals surface area contributed by atoms with Gasteiger partial charge in [0.15, 0.2) is 6.29 Å². The molecule has 0 aliphatic carbocycles. The first-order chi connectivity index (χ1) is 9.81. The predicted molar refractivity (Wildman–Crippen MR) is 77.7 cm³/mol. The van der Waals surface area contributed by atoms with Crippen LogP contribution in [0, 0.1) is 0 Å². The van der Waals surface area contributed by atoms with Gasteiger partial charge in [0, 0.05) is 16.1 Å². The molecule has 0 saturated carbocycles. The molecule has 0 spiro atoms. The number of hydrogen-bond acceptors (Lipinski definition) is 4. The lowest BCUT2D eigenvalue weighted by molar-refractivity contribution is -0.115. The van der Waals surface area contributed by atoms with Crippen molar-refractivity contribution in [2.75, 3.05) is 18.5 Å². The SMILES string of the molecule is O=C(Cc1cccs1)Nc1ccc(C2OCCO2)cc1. The van der Waals surface area contributed by atoms with Gasteiger partial charge in [-0.25, -0.2) is 0 Å². The quantitative estimate of drug-likeness (QED) is 0.941. The van der Waals surface area contributed by atoms with E-state index >= 15 is 0 Å². The van der Waals surface area contributed by atoms with E-state index < -0.39 is 0 Å². The van der Waals surface area contributed by atoms with Crippen LogP contribution in [-0.4, -0.2) is 19.1 Å². The Morgan fingerprint density at radius 2 is 1.95 bits per heavy atom. The molecule has 1 saturated heterocycles. The second-order valence-electron chi connectivity index (χ2n) is 4.50. The fourth-order valence-corrected chi connectivity index (χ4v) is 2.75. The smallest absolute Gasteiger partial charge is 0.229 e. The maximum Gasteiger partial charge on any atom is 0.229 e. The van der Waals surface area contributed by atoms with Crippen LogP contribution >= 0.6 is 11.3 Å². The van der Waals surface area contributed by atoms with Crippen molar-refractivity contribution < 1.29 is 14.3 Å². The minimum absolute atomic E-state index is 0.00596. The summed E-state index contributed by atoms with van der Waals surface area (Å²) in [4.78, 5) is 12.9. The average molecular weight is 289 g/mol. The molecule has 3 rings (SSSR count). The average Bonchev–Trinajstić information content (AvgIpc) is 3.12. The minimum Gasteiger partial charge on any atom is -0.346 e. The van der Waals surface area contributed by atoms with E-state index in [0.717, 1.165) is 16.1 Å². The van der Waals surface area contributed by atoms with Gasteiger partial charge in [-0.05, 0) is 23.6 Å². The highest BCUT2D eigenvalue weighted by Gasteiger charge is 2.17. The molecular formula is C15H15NO3S. The topological polar surface area (TPSA) is 47.6 Å². The molecule has 20 heavy (non-hydrogen) atoms.